The summed E-state index contributed by atoms with van der Waals surface area (Å²) in [5, 5.41) is 17.9. The molecule has 1 amide bonds. The topological polar surface area (TPSA) is 120 Å². The third-order valence-corrected chi connectivity index (χ3v) is 4.86. The lowest BCUT2D eigenvalue weighted by Gasteiger charge is -2.31. The third-order valence-electron chi connectivity index (χ3n) is 4.86. The van der Waals surface area contributed by atoms with Gasteiger partial charge in [-0.25, -0.2) is 9.59 Å². The van der Waals surface area contributed by atoms with Crippen molar-refractivity contribution in [2.24, 2.45) is 5.92 Å². The van der Waals surface area contributed by atoms with Gasteiger partial charge in [-0.2, -0.15) is 0 Å². The molecule has 3 N–H and O–H groups in total. The fourth-order valence-corrected chi connectivity index (χ4v) is 3.14. The number of hydrogen-bond acceptors (Lipinski definition) is 5. The van der Waals surface area contributed by atoms with E-state index in [1.54, 1.807) is 6.20 Å². The second kappa shape index (κ2) is 11.7. The fourth-order valence-electron chi connectivity index (χ4n) is 3.14. The SMILES string of the molecule is Cc1ccc(CNC(=O)C2CCN(Cc3cccnc3)CC2)cc1.O=C(O)C(=O)O. The highest BCUT2D eigenvalue weighted by atomic mass is 16.4. The number of carboxylic acid groups (broad SMARTS) is 2. The third kappa shape index (κ3) is 8.00. The van der Waals surface area contributed by atoms with Gasteiger partial charge in [0.2, 0.25) is 5.91 Å². The Labute approximate surface area is 175 Å². The van der Waals surface area contributed by atoms with Gasteiger partial charge < -0.3 is 15.5 Å². The predicted molar refractivity (Wildman–Crippen MR) is 111 cm³/mol. The highest BCUT2D eigenvalue weighted by molar-refractivity contribution is 6.27. The molecular weight excluding hydrogens is 386 g/mol. The number of carbonyl (C=O) groups excluding carboxylic acids is 1. The van der Waals surface area contributed by atoms with E-state index in [2.05, 4.69) is 52.5 Å². The standard InChI is InChI=1S/C20H25N3O.C2H2O4/c1-16-4-6-17(7-5-16)14-22-20(24)19-8-11-23(12-9-19)15-18-3-2-10-21-13-18;3-1(4)2(5)6/h2-7,10,13,19H,8-9,11-12,14-15H2,1H3,(H,22,24);(H,3,4)(H,5,6). The molecule has 0 atom stereocenters. The number of piperidine rings is 1. The maximum atomic E-state index is 12.4. The van der Waals surface area contributed by atoms with Crippen molar-refractivity contribution in [1.82, 2.24) is 15.2 Å². The molecule has 0 radical (unpaired) electrons. The normalized spacial score (nSPS) is 14.3. The molecule has 1 saturated heterocycles. The molecule has 8 nitrogen and oxygen atoms in total. The van der Waals surface area contributed by atoms with Crippen LogP contribution < -0.4 is 5.32 Å². The first-order chi connectivity index (χ1) is 14.3. The molecule has 2 aromatic rings. The zero-order chi connectivity index (χ0) is 21.9. The Morgan fingerprint density at radius 3 is 2.20 bits per heavy atom. The average Bonchev–Trinajstić information content (AvgIpc) is 2.75. The Kier molecular flexibility index (Phi) is 8.96. The van der Waals surface area contributed by atoms with Crippen LogP contribution in [-0.2, 0) is 27.5 Å². The quantitative estimate of drug-likeness (QED) is 0.642. The number of aliphatic carboxylic acids is 2. The second-order valence-electron chi connectivity index (χ2n) is 7.23. The summed E-state index contributed by atoms with van der Waals surface area (Å²) in [5.74, 6) is -3.32. The molecule has 1 aliphatic rings. The van der Waals surface area contributed by atoms with E-state index in [9.17, 15) is 4.79 Å². The van der Waals surface area contributed by atoms with Crippen LogP contribution in [0, 0.1) is 12.8 Å². The Morgan fingerprint density at radius 1 is 1.03 bits per heavy atom. The highest BCUT2D eigenvalue weighted by Gasteiger charge is 2.24. The Morgan fingerprint density at radius 2 is 1.67 bits per heavy atom. The molecule has 1 aromatic heterocycles. The first-order valence-corrected chi connectivity index (χ1v) is 9.76. The van der Waals surface area contributed by atoms with E-state index in [-0.39, 0.29) is 11.8 Å². The van der Waals surface area contributed by atoms with Gasteiger partial charge in [0.15, 0.2) is 0 Å². The number of aromatic nitrogens is 1. The first-order valence-electron chi connectivity index (χ1n) is 9.76. The number of benzene rings is 1. The minimum absolute atomic E-state index is 0.139. The van der Waals surface area contributed by atoms with Crippen LogP contribution in [0.4, 0.5) is 0 Å². The lowest BCUT2D eigenvalue weighted by Crippen LogP contribution is -2.40. The molecule has 0 bridgehead atoms. The highest BCUT2D eigenvalue weighted by Crippen LogP contribution is 2.19. The van der Waals surface area contributed by atoms with E-state index < -0.39 is 11.9 Å². The van der Waals surface area contributed by atoms with Crippen molar-refractivity contribution in [2.45, 2.75) is 32.9 Å². The predicted octanol–water partition coefficient (Wildman–Crippen LogP) is 2.07. The van der Waals surface area contributed by atoms with Crippen molar-refractivity contribution in [3.63, 3.8) is 0 Å². The summed E-state index contributed by atoms with van der Waals surface area (Å²) in [4.78, 5) is 37.1. The summed E-state index contributed by atoms with van der Waals surface area (Å²) in [7, 11) is 0. The van der Waals surface area contributed by atoms with E-state index in [0.29, 0.717) is 6.54 Å². The summed E-state index contributed by atoms with van der Waals surface area (Å²) in [6.45, 7) is 5.55. The van der Waals surface area contributed by atoms with Crippen LogP contribution in [0.25, 0.3) is 0 Å². The molecule has 0 aliphatic carbocycles. The van der Waals surface area contributed by atoms with Crippen molar-refractivity contribution < 1.29 is 24.6 Å². The van der Waals surface area contributed by atoms with Crippen LogP contribution in [0.3, 0.4) is 0 Å². The van der Waals surface area contributed by atoms with Gasteiger partial charge >= 0.3 is 11.9 Å². The van der Waals surface area contributed by atoms with Crippen LogP contribution in [0.5, 0.6) is 0 Å². The molecule has 8 heteroatoms. The number of pyridine rings is 1. The van der Waals surface area contributed by atoms with E-state index in [1.807, 2.05) is 12.3 Å². The maximum Gasteiger partial charge on any atom is 0.414 e. The Balaban J connectivity index is 0.000000469. The van der Waals surface area contributed by atoms with Gasteiger partial charge in [0, 0.05) is 31.4 Å². The van der Waals surface area contributed by atoms with Gasteiger partial charge in [-0.15, -0.1) is 0 Å². The van der Waals surface area contributed by atoms with Gasteiger partial charge in [-0.3, -0.25) is 14.7 Å². The number of likely N-dealkylation sites (tertiary alicyclic amines) is 1. The van der Waals surface area contributed by atoms with Crippen LogP contribution >= 0.6 is 0 Å². The second-order valence-corrected chi connectivity index (χ2v) is 7.23. The summed E-state index contributed by atoms with van der Waals surface area (Å²) in [6.07, 6.45) is 5.58. The number of rotatable bonds is 5. The van der Waals surface area contributed by atoms with Gasteiger partial charge in [-0.05, 0) is 50.0 Å². The molecule has 3 rings (SSSR count). The van der Waals surface area contributed by atoms with Crippen LogP contribution in [0.15, 0.2) is 48.8 Å². The van der Waals surface area contributed by atoms with Crippen LogP contribution in [0.1, 0.15) is 29.5 Å². The van der Waals surface area contributed by atoms with E-state index >= 15 is 0 Å². The molecule has 1 aliphatic heterocycles. The van der Waals surface area contributed by atoms with Gasteiger partial charge in [0.1, 0.15) is 0 Å². The van der Waals surface area contributed by atoms with Crippen molar-refractivity contribution in [1.29, 1.82) is 0 Å². The number of nitrogens with zero attached hydrogens (tertiary/aromatic N) is 2. The van der Waals surface area contributed by atoms with E-state index in [1.165, 1.54) is 11.1 Å². The largest absolute Gasteiger partial charge is 0.473 e. The monoisotopic (exact) mass is 413 g/mol. The summed E-state index contributed by atoms with van der Waals surface area (Å²) >= 11 is 0. The van der Waals surface area contributed by atoms with Gasteiger partial charge in [0.05, 0.1) is 0 Å². The molecular formula is C22H27N3O5. The summed E-state index contributed by atoms with van der Waals surface area (Å²) < 4.78 is 0. The van der Waals surface area contributed by atoms with Crippen LogP contribution in [0.2, 0.25) is 0 Å². The van der Waals surface area contributed by atoms with Crippen molar-refractivity contribution in [3.8, 4) is 0 Å². The number of hydrogen-bond donors (Lipinski definition) is 3. The summed E-state index contributed by atoms with van der Waals surface area (Å²) in [5.41, 5.74) is 3.63. The Bertz CT molecular complexity index is 820. The molecule has 30 heavy (non-hydrogen) atoms. The lowest BCUT2D eigenvalue weighted by atomic mass is 9.95. The lowest BCUT2D eigenvalue weighted by molar-refractivity contribution is -0.159. The number of amides is 1. The van der Waals surface area contributed by atoms with Crippen LogP contribution in [-0.4, -0.2) is 51.0 Å². The maximum absolute atomic E-state index is 12.4. The molecule has 1 fully saturated rings. The average molecular weight is 413 g/mol. The molecule has 0 saturated carbocycles. The van der Waals surface area contributed by atoms with Gasteiger partial charge in [-0.1, -0.05) is 35.9 Å². The minimum atomic E-state index is -1.82. The zero-order valence-corrected chi connectivity index (χ0v) is 17.0. The van der Waals surface area contributed by atoms with E-state index in [0.717, 1.165) is 38.0 Å². The zero-order valence-electron chi connectivity index (χ0n) is 17.0. The number of aryl methyl sites for hydroxylation is 1. The summed E-state index contributed by atoms with van der Waals surface area (Å²) in [6, 6.07) is 12.4. The smallest absolute Gasteiger partial charge is 0.414 e. The molecule has 2 heterocycles. The fraction of sp³-hybridized carbons (Fsp3) is 0.364. The Hall–Kier alpha value is -3.26. The molecule has 160 valence electrons. The molecule has 0 unspecified atom stereocenters. The molecule has 0 spiro atoms. The van der Waals surface area contributed by atoms with E-state index in [4.69, 9.17) is 19.8 Å². The minimum Gasteiger partial charge on any atom is -0.473 e. The molecule has 1 aromatic carbocycles. The van der Waals surface area contributed by atoms with Crippen molar-refractivity contribution in [3.05, 3.63) is 65.5 Å². The number of carboxylic acids is 2. The first kappa shape index (κ1) is 23.0. The van der Waals surface area contributed by atoms with Crippen molar-refractivity contribution >= 4 is 17.8 Å². The van der Waals surface area contributed by atoms with Gasteiger partial charge in [0.25, 0.3) is 0 Å². The number of nitrogens with one attached hydrogen (secondary N) is 1. The number of carbonyl (C=O) groups is 3. The van der Waals surface area contributed by atoms with Crippen molar-refractivity contribution in [2.75, 3.05) is 13.1 Å².